The molecular weight excluding hydrogens is 230 g/mol. The van der Waals surface area contributed by atoms with E-state index in [9.17, 15) is 4.79 Å². The molecule has 0 aliphatic rings. The molecule has 0 fully saturated rings. The van der Waals surface area contributed by atoms with Crippen LogP contribution in [0.15, 0.2) is 12.5 Å². The number of imidazole rings is 1. The van der Waals surface area contributed by atoms with Crippen molar-refractivity contribution in [3.63, 3.8) is 0 Å². The van der Waals surface area contributed by atoms with E-state index in [4.69, 9.17) is 10.5 Å². The largest absolute Gasteiger partial charge is 0.466 e. The summed E-state index contributed by atoms with van der Waals surface area (Å²) in [4.78, 5) is 15.4. The van der Waals surface area contributed by atoms with E-state index in [-0.39, 0.29) is 12.0 Å². The molecular formula is C13H23N3O2. The van der Waals surface area contributed by atoms with Crippen LogP contribution in [0.4, 0.5) is 0 Å². The third kappa shape index (κ3) is 4.49. The number of nitrogens with two attached hydrogens (primary N) is 1. The maximum Gasteiger partial charge on any atom is 0.305 e. The summed E-state index contributed by atoms with van der Waals surface area (Å²) in [7, 11) is 0. The molecule has 2 N–H and O–H groups in total. The molecule has 1 atom stereocenters. The molecule has 1 heterocycles. The van der Waals surface area contributed by atoms with Gasteiger partial charge >= 0.3 is 5.97 Å². The SMILES string of the molecule is CCOC(=O)CCC(N)Cc1cncn1C(C)C. The van der Waals surface area contributed by atoms with Gasteiger partial charge in [-0.05, 0) is 27.2 Å². The van der Waals surface area contributed by atoms with Gasteiger partial charge in [-0.25, -0.2) is 4.98 Å². The van der Waals surface area contributed by atoms with Gasteiger partial charge in [-0.15, -0.1) is 0 Å². The maximum absolute atomic E-state index is 11.2. The molecule has 0 aliphatic heterocycles. The Labute approximate surface area is 108 Å². The van der Waals surface area contributed by atoms with Crippen molar-refractivity contribution in [2.75, 3.05) is 6.61 Å². The minimum atomic E-state index is -0.176. The number of aromatic nitrogens is 2. The maximum atomic E-state index is 11.2. The summed E-state index contributed by atoms with van der Waals surface area (Å²) in [5.41, 5.74) is 7.14. The first-order chi connectivity index (χ1) is 8.54. The Morgan fingerprint density at radius 1 is 1.56 bits per heavy atom. The van der Waals surface area contributed by atoms with Crippen LogP contribution in [0, 0.1) is 0 Å². The number of carbonyl (C=O) groups excluding carboxylic acids is 1. The lowest BCUT2D eigenvalue weighted by atomic mass is 10.1. The zero-order valence-corrected chi connectivity index (χ0v) is 11.4. The molecule has 5 nitrogen and oxygen atoms in total. The van der Waals surface area contributed by atoms with Crippen molar-refractivity contribution in [3.8, 4) is 0 Å². The van der Waals surface area contributed by atoms with Crippen LogP contribution in [0.2, 0.25) is 0 Å². The van der Waals surface area contributed by atoms with Gasteiger partial charge in [0.05, 0.1) is 12.9 Å². The number of hydrogen-bond acceptors (Lipinski definition) is 4. The Hall–Kier alpha value is -1.36. The number of hydrogen-bond donors (Lipinski definition) is 1. The summed E-state index contributed by atoms with van der Waals surface area (Å²) in [5, 5.41) is 0. The summed E-state index contributed by atoms with van der Waals surface area (Å²) >= 11 is 0. The standard InChI is InChI=1S/C13H23N3O2/c1-4-18-13(17)6-5-11(14)7-12-8-15-9-16(12)10(2)3/h8-11H,4-7,14H2,1-3H3. The van der Waals surface area contributed by atoms with Gasteiger partial charge in [-0.2, -0.15) is 0 Å². The average Bonchev–Trinajstić information content (AvgIpc) is 2.75. The second kappa shape index (κ2) is 7.16. The van der Waals surface area contributed by atoms with Gasteiger partial charge in [0.15, 0.2) is 0 Å². The van der Waals surface area contributed by atoms with Crippen LogP contribution in [0.25, 0.3) is 0 Å². The summed E-state index contributed by atoms with van der Waals surface area (Å²) in [6.07, 6.45) is 5.41. The normalized spacial score (nSPS) is 12.7. The third-order valence-electron chi connectivity index (χ3n) is 2.80. The first kappa shape index (κ1) is 14.7. The molecule has 1 aromatic rings. The van der Waals surface area contributed by atoms with Gasteiger partial charge in [0.1, 0.15) is 0 Å². The molecule has 0 aromatic carbocycles. The topological polar surface area (TPSA) is 70.1 Å². The van der Waals surface area contributed by atoms with E-state index in [2.05, 4.69) is 23.4 Å². The molecule has 102 valence electrons. The molecule has 0 saturated carbocycles. The molecule has 5 heteroatoms. The van der Waals surface area contributed by atoms with E-state index in [0.29, 0.717) is 25.5 Å². The van der Waals surface area contributed by atoms with Crippen molar-refractivity contribution in [3.05, 3.63) is 18.2 Å². The highest BCUT2D eigenvalue weighted by atomic mass is 16.5. The Kier molecular flexibility index (Phi) is 5.85. The summed E-state index contributed by atoms with van der Waals surface area (Å²) in [5.74, 6) is -0.176. The third-order valence-corrected chi connectivity index (χ3v) is 2.80. The van der Waals surface area contributed by atoms with Gasteiger partial charge in [-0.1, -0.05) is 0 Å². The van der Waals surface area contributed by atoms with Crippen LogP contribution in [0.5, 0.6) is 0 Å². The summed E-state index contributed by atoms with van der Waals surface area (Å²) < 4.78 is 6.98. The fourth-order valence-electron chi connectivity index (χ4n) is 1.86. The number of esters is 1. The van der Waals surface area contributed by atoms with Crippen molar-refractivity contribution in [2.45, 2.75) is 52.1 Å². The molecule has 1 rings (SSSR count). The van der Waals surface area contributed by atoms with E-state index in [1.165, 1.54) is 0 Å². The molecule has 1 unspecified atom stereocenters. The number of nitrogens with zero attached hydrogens (tertiary/aromatic N) is 2. The molecule has 0 amide bonds. The van der Waals surface area contributed by atoms with Gasteiger partial charge in [0.2, 0.25) is 0 Å². The van der Waals surface area contributed by atoms with Crippen LogP contribution in [0.1, 0.15) is 45.3 Å². The Balaban J connectivity index is 2.42. The molecule has 0 aliphatic carbocycles. The zero-order valence-electron chi connectivity index (χ0n) is 11.4. The second-order valence-corrected chi connectivity index (χ2v) is 4.69. The molecule has 0 saturated heterocycles. The average molecular weight is 253 g/mol. The minimum absolute atomic E-state index is 0.0383. The Morgan fingerprint density at radius 3 is 2.89 bits per heavy atom. The molecule has 0 radical (unpaired) electrons. The zero-order chi connectivity index (χ0) is 13.5. The lowest BCUT2D eigenvalue weighted by Gasteiger charge is -2.15. The molecule has 0 bridgehead atoms. The Bertz CT molecular complexity index is 374. The van der Waals surface area contributed by atoms with Crippen molar-refractivity contribution in [1.82, 2.24) is 9.55 Å². The fraction of sp³-hybridized carbons (Fsp3) is 0.692. The molecule has 1 aromatic heterocycles. The van der Waals surface area contributed by atoms with E-state index in [1.54, 1.807) is 6.92 Å². The lowest BCUT2D eigenvalue weighted by Crippen LogP contribution is -2.25. The fourth-order valence-corrected chi connectivity index (χ4v) is 1.86. The summed E-state index contributed by atoms with van der Waals surface area (Å²) in [6.45, 7) is 6.44. The lowest BCUT2D eigenvalue weighted by molar-refractivity contribution is -0.143. The predicted octanol–water partition coefficient (Wildman–Crippen LogP) is 1.68. The van der Waals surface area contributed by atoms with Crippen LogP contribution >= 0.6 is 0 Å². The van der Waals surface area contributed by atoms with Crippen molar-refractivity contribution in [1.29, 1.82) is 0 Å². The molecule has 18 heavy (non-hydrogen) atoms. The highest BCUT2D eigenvalue weighted by Crippen LogP contribution is 2.12. The number of ether oxygens (including phenoxy) is 1. The number of rotatable bonds is 7. The van der Waals surface area contributed by atoms with Crippen LogP contribution in [-0.2, 0) is 16.0 Å². The van der Waals surface area contributed by atoms with E-state index in [1.807, 2.05) is 12.5 Å². The predicted molar refractivity (Wildman–Crippen MR) is 70.2 cm³/mol. The van der Waals surface area contributed by atoms with Gasteiger partial charge < -0.3 is 15.0 Å². The number of carbonyl (C=O) groups is 1. The Morgan fingerprint density at radius 2 is 2.28 bits per heavy atom. The highest BCUT2D eigenvalue weighted by Gasteiger charge is 2.12. The van der Waals surface area contributed by atoms with E-state index < -0.39 is 0 Å². The van der Waals surface area contributed by atoms with Crippen molar-refractivity contribution < 1.29 is 9.53 Å². The smallest absolute Gasteiger partial charge is 0.305 e. The van der Waals surface area contributed by atoms with Crippen molar-refractivity contribution >= 4 is 5.97 Å². The van der Waals surface area contributed by atoms with Gasteiger partial charge in [-0.3, -0.25) is 4.79 Å². The monoisotopic (exact) mass is 253 g/mol. The first-order valence-electron chi connectivity index (χ1n) is 6.46. The van der Waals surface area contributed by atoms with E-state index in [0.717, 1.165) is 12.1 Å². The van der Waals surface area contributed by atoms with E-state index >= 15 is 0 Å². The van der Waals surface area contributed by atoms with Crippen LogP contribution < -0.4 is 5.73 Å². The van der Waals surface area contributed by atoms with Crippen LogP contribution in [-0.4, -0.2) is 28.2 Å². The minimum Gasteiger partial charge on any atom is -0.466 e. The van der Waals surface area contributed by atoms with Gasteiger partial charge in [0.25, 0.3) is 0 Å². The second-order valence-electron chi connectivity index (χ2n) is 4.69. The molecule has 0 spiro atoms. The van der Waals surface area contributed by atoms with Gasteiger partial charge in [0, 0.05) is 36.8 Å². The highest BCUT2D eigenvalue weighted by molar-refractivity contribution is 5.69. The van der Waals surface area contributed by atoms with Crippen molar-refractivity contribution in [2.24, 2.45) is 5.73 Å². The van der Waals surface area contributed by atoms with Crippen LogP contribution in [0.3, 0.4) is 0 Å². The first-order valence-corrected chi connectivity index (χ1v) is 6.46. The summed E-state index contributed by atoms with van der Waals surface area (Å²) in [6, 6.07) is 0.336. The quantitative estimate of drug-likeness (QED) is 0.750.